The second kappa shape index (κ2) is 16.3. The Hall–Kier alpha value is -2.37. The standard InChI is InChI=1S/C23H27Si.C20H23Si.C2H6Si.Zr/c1-24(2,3)21-13-11-18(12-14-21)22-10-6-9-19-15-20(16-23(19)22)17-7-4-5-8-17;1-5-15-13-17-7-6-8-19(20(17)14-15)16-9-11-18(12-10-16)21(2,3)4;1-3-2;/h6,9-17H,4-5,7-8H2,1-3H3;6-14H,5H2,1-4H3;1-2H3;/q2*-1;;+2. The van der Waals surface area contributed by atoms with Crippen molar-refractivity contribution in [3.05, 3.63) is 120 Å². The van der Waals surface area contributed by atoms with Crippen LogP contribution < -0.4 is 10.4 Å². The molecule has 1 fully saturated rings. The summed E-state index contributed by atoms with van der Waals surface area (Å²) in [6, 6.07) is 41.5. The van der Waals surface area contributed by atoms with Gasteiger partial charge in [0.25, 0.3) is 0 Å². The fourth-order valence-electron chi connectivity index (χ4n) is 7.06. The van der Waals surface area contributed by atoms with Crippen molar-refractivity contribution >= 4 is 53.5 Å². The van der Waals surface area contributed by atoms with E-state index in [1.807, 2.05) is 0 Å². The van der Waals surface area contributed by atoms with Crippen molar-refractivity contribution < 1.29 is 23.3 Å². The van der Waals surface area contributed by atoms with Gasteiger partial charge in [0.2, 0.25) is 0 Å². The van der Waals surface area contributed by atoms with Crippen LogP contribution in [0.3, 0.4) is 0 Å². The summed E-state index contributed by atoms with van der Waals surface area (Å²) in [5, 5.41) is 8.64. The van der Waals surface area contributed by atoms with E-state index < -0.39 is 16.1 Å². The van der Waals surface area contributed by atoms with E-state index >= 15 is 0 Å². The summed E-state index contributed by atoms with van der Waals surface area (Å²) in [6.45, 7) is 21.3. The Balaban J connectivity index is 0.000000174. The van der Waals surface area contributed by atoms with Crippen molar-refractivity contribution in [2.45, 2.75) is 97.3 Å². The molecule has 0 amide bonds. The zero-order valence-corrected chi connectivity index (χ0v) is 37.0. The van der Waals surface area contributed by atoms with Crippen molar-refractivity contribution in [1.29, 1.82) is 0 Å². The van der Waals surface area contributed by atoms with E-state index in [-0.39, 0.29) is 5.43 Å². The molecule has 6 aromatic carbocycles. The number of aryl methyl sites for hydroxylation is 1. The summed E-state index contributed by atoms with van der Waals surface area (Å²) in [5.41, 5.74) is 8.63. The zero-order chi connectivity index (χ0) is 35.3. The fourth-order valence-corrected chi connectivity index (χ4v) is 9.39. The molecular weight excluding hydrogens is 716 g/mol. The first-order valence-electron chi connectivity index (χ1n) is 18.4. The Bertz CT molecular complexity index is 1980. The Labute approximate surface area is 314 Å². The van der Waals surface area contributed by atoms with Crippen LogP contribution in [0.1, 0.15) is 49.7 Å². The average Bonchev–Trinajstić information content (AvgIpc) is 3.83. The molecule has 252 valence electrons. The van der Waals surface area contributed by atoms with Gasteiger partial charge in [-0.2, -0.15) is 12.1 Å². The van der Waals surface area contributed by atoms with Crippen molar-refractivity contribution in [1.82, 2.24) is 0 Å². The van der Waals surface area contributed by atoms with Gasteiger partial charge in [0.15, 0.2) is 0 Å². The van der Waals surface area contributed by atoms with E-state index in [1.54, 1.807) is 28.9 Å². The molecule has 0 aliphatic heterocycles. The van der Waals surface area contributed by atoms with E-state index in [0.717, 1.165) is 12.3 Å². The molecule has 0 unspecified atom stereocenters. The third-order valence-electron chi connectivity index (χ3n) is 9.94. The molecule has 0 atom stereocenters. The van der Waals surface area contributed by atoms with Crippen molar-refractivity contribution in [2.24, 2.45) is 0 Å². The van der Waals surface area contributed by atoms with Crippen molar-refractivity contribution in [2.75, 3.05) is 0 Å². The molecule has 49 heavy (non-hydrogen) atoms. The molecule has 4 heteroatoms. The second-order valence-corrected chi connectivity index (χ2v) is 35.8. The van der Waals surface area contributed by atoms with Gasteiger partial charge in [-0.1, -0.05) is 141 Å². The molecular formula is C45H56Si3Zr. The van der Waals surface area contributed by atoms with Crippen LogP contribution >= 0.6 is 0 Å². The van der Waals surface area contributed by atoms with Crippen LogP contribution in [0, 0.1) is 0 Å². The summed E-state index contributed by atoms with van der Waals surface area (Å²) >= 11 is 1.74. The Morgan fingerprint density at radius 2 is 1.06 bits per heavy atom. The monoisotopic (exact) mass is 770 g/mol. The Kier molecular flexibility index (Phi) is 12.6. The molecule has 0 aromatic heterocycles. The summed E-state index contributed by atoms with van der Waals surface area (Å²) in [5.74, 6) is 0.791. The van der Waals surface area contributed by atoms with Crippen LogP contribution in [0.5, 0.6) is 0 Å². The molecule has 7 rings (SSSR count). The predicted octanol–water partition coefficient (Wildman–Crippen LogP) is 12.5. The van der Waals surface area contributed by atoms with Gasteiger partial charge < -0.3 is 0 Å². The zero-order valence-electron chi connectivity index (χ0n) is 31.5. The van der Waals surface area contributed by atoms with Gasteiger partial charge in [-0.05, 0) is 36.3 Å². The summed E-state index contributed by atoms with van der Waals surface area (Å²) in [4.78, 5) is 0. The maximum atomic E-state index is 2.47. The minimum absolute atomic E-state index is 0.210. The normalized spacial score (nSPS) is 13.6. The Morgan fingerprint density at radius 1 is 0.633 bits per heavy atom. The molecule has 0 heterocycles. The van der Waals surface area contributed by atoms with Crippen LogP contribution in [-0.4, -0.2) is 21.6 Å². The third kappa shape index (κ3) is 9.70. The first kappa shape index (κ1) is 37.9. The van der Waals surface area contributed by atoms with Crippen LogP contribution in [0.25, 0.3) is 43.8 Å². The van der Waals surface area contributed by atoms with Gasteiger partial charge >= 0.3 is 41.9 Å². The van der Waals surface area contributed by atoms with Crippen LogP contribution in [-0.2, 0) is 29.8 Å². The number of hydrogen-bond acceptors (Lipinski definition) is 0. The maximum absolute atomic E-state index is 2.47. The van der Waals surface area contributed by atoms with Crippen LogP contribution in [0.15, 0.2) is 109 Å². The van der Waals surface area contributed by atoms with Gasteiger partial charge in [-0.25, -0.2) is 0 Å². The van der Waals surface area contributed by atoms with E-state index in [0.29, 0.717) is 0 Å². The van der Waals surface area contributed by atoms with Crippen molar-refractivity contribution in [3.63, 3.8) is 0 Å². The SMILES string of the molecule is CCc1cc2c(-c3ccc([Si](C)(C)C)cc3)cccc2[cH-]1.C[Si](C)(C)c1ccc(-c2cccc3[cH-]c(C4CCCC4)cc23)cc1.C[Si](C)=[Zr+2]. The Morgan fingerprint density at radius 3 is 1.49 bits per heavy atom. The summed E-state index contributed by atoms with van der Waals surface area (Å²) < 4.78 is 0. The quantitative estimate of drug-likeness (QED) is 0.117. The van der Waals surface area contributed by atoms with Gasteiger partial charge in [-0.15, -0.1) is 69.1 Å². The van der Waals surface area contributed by atoms with Gasteiger partial charge in [0.1, 0.15) is 0 Å². The predicted molar refractivity (Wildman–Crippen MR) is 224 cm³/mol. The van der Waals surface area contributed by atoms with Crippen molar-refractivity contribution in [3.8, 4) is 22.3 Å². The first-order chi connectivity index (χ1) is 23.2. The summed E-state index contributed by atoms with van der Waals surface area (Å²) in [6.07, 6.45) is 6.64. The fraction of sp³-hybridized carbons (Fsp3) is 0.333. The number of rotatable bonds is 6. The molecule has 1 saturated carbocycles. The molecule has 6 aromatic rings. The molecule has 0 radical (unpaired) electrons. The average molecular weight is 772 g/mol. The van der Waals surface area contributed by atoms with Crippen LogP contribution in [0.2, 0.25) is 52.4 Å². The molecule has 0 nitrogen and oxygen atoms in total. The molecule has 1 aliphatic rings. The summed E-state index contributed by atoms with van der Waals surface area (Å²) in [7, 11) is -2.44. The van der Waals surface area contributed by atoms with E-state index in [4.69, 9.17) is 0 Å². The number of hydrogen-bond donors (Lipinski definition) is 0. The van der Waals surface area contributed by atoms with Gasteiger partial charge in [0, 0.05) is 0 Å². The van der Waals surface area contributed by atoms with E-state index in [1.165, 1.54) is 85.4 Å². The molecule has 0 saturated heterocycles. The van der Waals surface area contributed by atoms with Crippen LogP contribution in [0.4, 0.5) is 0 Å². The topological polar surface area (TPSA) is 0 Å². The molecule has 0 bridgehead atoms. The second-order valence-electron chi connectivity index (χ2n) is 16.3. The van der Waals surface area contributed by atoms with Gasteiger partial charge in [-0.3, -0.25) is 0 Å². The third-order valence-corrected chi connectivity index (χ3v) is 14.1. The molecule has 0 spiro atoms. The minimum atomic E-state index is -1.22. The molecule has 1 aliphatic carbocycles. The first-order valence-corrected chi connectivity index (χ1v) is 31.5. The van der Waals surface area contributed by atoms with E-state index in [2.05, 4.69) is 168 Å². The molecule has 0 N–H and O–H groups in total. The number of fused-ring (bicyclic) bond motifs is 2. The van der Waals surface area contributed by atoms with E-state index in [9.17, 15) is 0 Å². The van der Waals surface area contributed by atoms with Gasteiger partial charge in [0.05, 0.1) is 16.1 Å². The number of benzene rings is 4.